The molecule has 8 atom stereocenters. The first kappa shape index (κ1) is 37.4. The summed E-state index contributed by atoms with van der Waals surface area (Å²) in [5, 5.41) is 36.4. The van der Waals surface area contributed by atoms with Crippen molar-refractivity contribution >= 4 is 23.9 Å². The first-order valence-electron chi connectivity index (χ1n) is 14.1. The summed E-state index contributed by atoms with van der Waals surface area (Å²) in [5.41, 5.74) is 5.31. The normalized spacial score (nSPS) is 24.1. The maximum absolute atomic E-state index is 12.5. The predicted octanol–water partition coefficient (Wildman–Crippen LogP) is -1.54. The lowest BCUT2D eigenvalue weighted by atomic mass is 9.99. The monoisotopic (exact) mass is 609 g/mol. The van der Waals surface area contributed by atoms with Crippen molar-refractivity contribution in [2.45, 2.75) is 102 Å². The van der Waals surface area contributed by atoms with Gasteiger partial charge in [-0.1, -0.05) is 20.3 Å². The number of carbonyl (C=O) groups is 4. The minimum Gasteiger partial charge on any atom is -0.459 e. The molecule has 0 aromatic carbocycles. The summed E-state index contributed by atoms with van der Waals surface area (Å²) in [5.74, 6) is -1.72. The second kappa shape index (κ2) is 20.3. The van der Waals surface area contributed by atoms with Crippen LogP contribution in [-0.2, 0) is 42.8 Å². The Hall–Kier alpha value is -2.60. The van der Waals surface area contributed by atoms with Crippen molar-refractivity contribution < 1.29 is 62.9 Å². The van der Waals surface area contributed by atoms with Gasteiger partial charge >= 0.3 is 18.0 Å². The van der Waals surface area contributed by atoms with E-state index in [9.17, 15) is 34.5 Å². The molecular formula is C26H47N3O13. The minimum atomic E-state index is -1.74. The summed E-state index contributed by atoms with van der Waals surface area (Å²) < 4.78 is 32.4. The molecular weight excluding hydrogens is 562 g/mol. The van der Waals surface area contributed by atoms with Crippen molar-refractivity contribution in [3.05, 3.63) is 0 Å². The molecule has 0 spiro atoms. The van der Waals surface area contributed by atoms with Crippen molar-refractivity contribution in [2.24, 2.45) is 5.73 Å². The molecule has 1 fully saturated rings. The number of ether oxygens (including phenoxy) is 6. The first-order chi connectivity index (χ1) is 19.9. The van der Waals surface area contributed by atoms with Gasteiger partial charge in [0.15, 0.2) is 12.4 Å². The predicted molar refractivity (Wildman–Crippen MR) is 145 cm³/mol. The van der Waals surface area contributed by atoms with E-state index in [1.165, 1.54) is 6.92 Å². The Labute approximate surface area is 245 Å². The third-order valence-electron chi connectivity index (χ3n) is 6.04. The molecule has 1 heterocycles. The van der Waals surface area contributed by atoms with Gasteiger partial charge in [0.05, 0.1) is 25.9 Å². The number of carbonyl (C=O) groups excluding carboxylic acids is 4. The van der Waals surface area contributed by atoms with Gasteiger partial charge in [0, 0.05) is 33.4 Å². The molecule has 1 rings (SSSR count). The topological polar surface area (TPSA) is 234 Å². The number of aliphatic hydroxyl groups is 3. The summed E-state index contributed by atoms with van der Waals surface area (Å²) >= 11 is 0. The third-order valence-corrected chi connectivity index (χ3v) is 6.04. The molecule has 16 nitrogen and oxygen atoms in total. The summed E-state index contributed by atoms with van der Waals surface area (Å²) in [7, 11) is 0. The van der Waals surface area contributed by atoms with E-state index < -0.39 is 86.1 Å². The Morgan fingerprint density at radius 1 is 0.952 bits per heavy atom. The SMILES string of the molecule is CCCC(=O)N[C@@H](CO[C@H]1OC(COC(=O)NCCOCCN)[C@H](O)C(O)[C@@H]1O)[C@H](OC(C)=O)[C@@H](CCC)OC(C)=O. The second-order valence-corrected chi connectivity index (χ2v) is 9.71. The average molecular weight is 610 g/mol. The van der Waals surface area contributed by atoms with E-state index in [1.807, 2.05) is 6.92 Å². The number of amides is 2. The quantitative estimate of drug-likeness (QED) is 0.0553. The molecule has 0 saturated carbocycles. The van der Waals surface area contributed by atoms with Crippen LogP contribution >= 0.6 is 0 Å². The van der Waals surface area contributed by atoms with Crippen molar-refractivity contribution in [1.82, 2.24) is 10.6 Å². The summed E-state index contributed by atoms with van der Waals surface area (Å²) in [6, 6.07) is -1.06. The second-order valence-electron chi connectivity index (χ2n) is 9.71. The van der Waals surface area contributed by atoms with E-state index in [-0.39, 0.29) is 19.6 Å². The summed E-state index contributed by atoms with van der Waals surface area (Å²) in [6.45, 7) is 6.08. The molecule has 0 aliphatic carbocycles. The number of rotatable bonds is 19. The van der Waals surface area contributed by atoms with E-state index in [1.54, 1.807) is 6.92 Å². The van der Waals surface area contributed by atoms with Gasteiger partial charge in [0.2, 0.25) is 5.91 Å². The lowest BCUT2D eigenvalue weighted by molar-refractivity contribution is -0.303. The average Bonchev–Trinajstić information content (AvgIpc) is 2.92. The maximum atomic E-state index is 12.5. The number of nitrogens with one attached hydrogen (secondary N) is 2. The number of esters is 2. The fourth-order valence-corrected chi connectivity index (χ4v) is 4.13. The van der Waals surface area contributed by atoms with Crippen LogP contribution in [0.25, 0.3) is 0 Å². The molecule has 16 heteroatoms. The van der Waals surface area contributed by atoms with Crippen LogP contribution in [0.1, 0.15) is 53.4 Å². The molecule has 1 aliphatic rings. The number of nitrogens with two attached hydrogens (primary N) is 1. The highest BCUT2D eigenvalue weighted by molar-refractivity contribution is 5.76. The zero-order valence-corrected chi connectivity index (χ0v) is 24.7. The van der Waals surface area contributed by atoms with E-state index in [4.69, 9.17) is 34.2 Å². The zero-order chi connectivity index (χ0) is 31.7. The van der Waals surface area contributed by atoms with Gasteiger partial charge in [0.1, 0.15) is 37.1 Å². The summed E-state index contributed by atoms with van der Waals surface area (Å²) in [4.78, 5) is 48.3. The molecule has 7 N–H and O–H groups in total. The smallest absolute Gasteiger partial charge is 0.407 e. The van der Waals surface area contributed by atoms with E-state index in [0.29, 0.717) is 32.4 Å². The Balaban J connectivity index is 3.01. The molecule has 1 saturated heterocycles. The van der Waals surface area contributed by atoms with Crippen LogP contribution in [0.4, 0.5) is 4.79 Å². The minimum absolute atomic E-state index is 0.140. The van der Waals surface area contributed by atoms with Crippen LogP contribution in [0.15, 0.2) is 0 Å². The highest BCUT2D eigenvalue weighted by Gasteiger charge is 2.46. The van der Waals surface area contributed by atoms with Crippen LogP contribution in [0.5, 0.6) is 0 Å². The molecule has 2 amide bonds. The van der Waals surface area contributed by atoms with Crippen molar-refractivity contribution in [1.29, 1.82) is 0 Å². The van der Waals surface area contributed by atoms with Gasteiger partial charge in [-0.2, -0.15) is 0 Å². The third kappa shape index (κ3) is 13.6. The van der Waals surface area contributed by atoms with Crippen LogP contribution in [0, 0.1) is 0 Å². The molecule has 244 valence electrons. The highest BCUT2D eigenvalue weighted by atomic mass is 16.7. The van der Waals surface area contributed by atoms with E-state index in [0.717, 1.165) is 6.92 Å². The van der Waals surface area contributed by atoms with Crippen molar-refractivity contribution in [3.8, 4) is 0 Å². The number of hydrogen-bond donors (Lipinski definition) is 6. The van der Waals surface area contributed by atoms with Crippen LogP contribution in [-0.4, -0.2) is 128 Å². The van der Waals surface area contributed by atoms with Crippen LogP contribution < -0.4 is 16.4 Å². The van der Waals surface area contributed by atoms with Gasteiger partial charge in [-0.3, -0.25) is 14.4 Å². The Morgan fingerprint density at radius 3 is 2.24 bits per heavy atom. The summed E-state index contributed by atoms with van der Waals surface area (Å²) in [6.07, 6.45) is -9.37. The molecule has 42 heavy (non-hydrogen) atoms. The van der Waals surface area contributed by atoms with E-state index >= 15 is 0 Å². The van der Waals surface area contributed by atoms with E-state index in [2.05, 4.69) is 10.6 Å². The zero-order valence-electron chi connectivity index (χ0n) is 24.7. The van der Waals surface area contributed by atoms with Crippen molar-refractivity contribution in [3.63, 3.8) is 0 Å². The van der Waals surface area contributed by atoms with Gasteiger partial charge in [-0.05, 0) is 12.8 Å². The molecule has 2 unspecified atom stereocenters. The molecule has 1 aliphatic heterocycles. The molecule has 0 radical (unpaired) electrons. The number of hydrogen-bond acceptors (Lipinski definition) is 14. The lowest BCUT2D eigenvalue weighted by Crippen LogP contribution is -2.61. The van der Waals surface area contributed by atoms with Gasteiger partial charge < -0.3 is 60.1 Å². The Bertz CT molecular complexity index is 833. The largest absolute Gasteiger partial charge is 0.459 e. The number of alkyl carbamates (subject to hydrolysis) is 1. The van der Waals surface area contributed by atoms with Gasteiger partial charge in [0.25, 0.3) is 0 Å². The van der Waals surface area contributed by atoms with Crippen LogP contribution in [0.3, 0.4) is 0 Å². The highest BCUT2D eigenvalue weighted by Crippen LogP contribution is 2.24. The Morgan fingerprint density at radius 2 is 1.64 bits per heavy atom. The van der Waals surface area contributed by atoms with Crippen LogP contribution in [0.2, 0.25) is 0 Å². The fourth-order valence-electron chi connectivity index (χ4n) is 4.13. The molecule has 0 aromatic rings. The maximum Gasteiger partial charge on any atom is 0.407 e. The fraction of sp³-hybridized carbons (Fsp3) is 0.846. The lowest BCUT2D eigenvalue weighted by Gasteiger charge is -2.41. The van der Waals surface area contributed by atoms with Gasteiger partial charge in [-0.15, -0.1) is 0 Å². The number of aliphatic hydroxyl groups excluding tert-OH is 3. The molecule has 0 bridgehead atoms. The molecule has 0 aromatic heterocycles. The first-order valence-corrected chi connectivity index (χ1v) is 14.1. The standard InChI is InChI=1S/C26H47N3O13/c1-5-7-18(40-15(3)30)24(41-16(4)31)17(29-20(32)8-6-2)13-38-25-23(35)22(34)21(33)19(42-25)14-39-26(36)28-10-12-37-11-9-27/h17-19,21-25,33-35H,5-14,27H2,1-4H3,(H,28,36)(H,29,32)/t17-,18+,19?,21-,22?,23-,24-,25-/m0/s1. The van der Waals surface area contributed by atoms with Gasteiger partial charge in [-0.25, -0.2) is 4.79 Å². The Kier molecular flexibility index (Phi) is 18.1. The van der Waals surface area contributed by atoms with Crippen molar-refractivity contribution in [2.75, 3.05) is 39.5 Å².